The zero-order valence-electron chi connectivity index (χ0n) is 24.8. The van der Waals surface area contributed by atoms with Crippen molar-refractivity contribution in [3.8, 4) is 24.7 Å². The highest BCUT2D eigenvalue weighted by molar-refractivity contribution is 5.22. The summed E-state index contributed by atoms with van der Waals surface area (Å²) in [5.74, 6) is 3.57. The van der Waals surface area contributed by atoms with E-state index < -0.39 is 11.6 Å². The molecule has 0 atom stereocenters. The molecule has 0 aliphatic heterocycles. The first-order chi connectivity index (χ1) is 18.5. The zero-order chi connectivity index (χ0) is 28.0. The van der Waals surface area contributed by atoms with E-state index in [9.17, 15) is 0 Å². The summed E-state index contributed by atoms with van der Waals surface area (Å²) < 4.78 is 21.3. The number of rotatable bonds is 24. The van der Waals surface area contributed by atoms with Gasteiger partial charge >= 0.3 is 0 Å². The summed E-state index contributed by atoms with van der Waals surface area (Å²) in [5, 5.41) is 0. The van der Waals surface area contributed by atoms with Gasteiger partial charge in [0.15, 0.2) is 0 Å². The fourth-order valence-electron chi connectivity index (χ4n) is 4.97. The molecular formula is C34H54O4. The number of terminal acetylenes is 2. The van der Waals surface area contributed by atoms with E-state index >= 15 is 0 Å². The molecule has 1 aromatic rings. The van der Waals surface area contributed by atoms with E-state index in [2.05, 4.69) is 36.1 Å². The summed E-state index contributed by atoms with van der Waals surface area (Å²) in [5.41, 5.74) is 2.93. The summed E-state index contributed by atoms with van der Waals surface area (Å²) in [6.07, 6.45) is 32.2. The number of ether oxygens (including phenoxy) is 4. The van der Waals surface area contributed by atoms with Gasteiger partial charge in [0.1, 0.15) is 0 Å². The van der Waals surface area contributed by atoms with Crippen molar-refractivity contribution >= 4 is 0 Å². The van der Waals surface area contributed by atoms with E-state index in [1.807, 2.05) is 0 Å². The Bertz CT molecular complexity index is 711. The predicted octanol–water partition coefficient (Wildman–Crippen LogP) is 8.26. The monoisotopic (exact) mass is 526 g/mol. The molecule has 0 fully saturated rings. The van der Waals surface area contributed by atoms with Crippen LogP contribution in [-0.2, 0) is 31.8 Å². The third kappa shape index (κ3) is 13.8. The highest BCUT2D eigenvalue weighted by Gasteiger charge is 2.26. The molecule has 0 saturated heterocycles. The fourth-order valence-corrected chi connectivity index (χ4v) is 4.97. The van der Waals surface area contributed by atoms with Crippen LogP contribution in [-0.4, -0.2) is 40.0 Å². The van der Waals surface area contributed by atoms with Gasteiger partial charge in [0.05, 0.1) is 0 Å². The van der Waals surface area contributed by atoms with Crippen LogP contribution in [0.3, 0.4) is 0 Å². The largest absolute Gasteiger partial charge is 0.343 e. The summed E-state index contributed by atoms with van der Waals surface area (Å²) in [4.78, 5) is 0. The molecule has 0 aromatic heterocycles. The average Bonchev–Trinajstić information content (AvgIpc) is 2.96. The van der Waals surface area contributed by atoms with Crippen molar-refractivity contribution < 1.29 is 18.9 Å². The highest BCUT2D eigenvalue weighted by atomic mass is 16.7. The Kier molecular flexibility index (Phi) is 19.0. The number of aryl methyl sites for hydroxylation is 2. The van der Waals surface area contributed by atoms with E-state index in [-0.39, 0.29) is 0 Å². The maximum Gasteiger partial charge on any atom is 0.232 e. The third-order valence-corrected chi connectivity index (χ3v) is 7.72. The maximum absolute atomic E-state index is 5.54. The Morgan fingerprint density at radius 1 is 0.474 bits per heavy atom. The first-order valence-electron chi connectivity index (χ1n) is 14.8. The molecule has 1 aromatic carbocycles. The number of benzene rings is 1. The van der Waals surface area contributed by atoms with Crippen molar-refractivity contribution in [3.05, 3.63) is 35.4 Å². The second-order valence-electron chi connectivity index (χ2n) is 10.4. The van der Waals surface area contributed by atoms with Crippen molar-refractivity contribution in [1.82, 2.24) is 0 Å². The summed E-state index contributed by atoms with van der Waals surface area (Å²) >= 11 is 0. The topological polar surface area (TPSA) is 36.9 Å². The van der Waals surface area contributed by atoms with Gasteiger partial charge in [-0.3, -0.25) is 0 Å². The van der Waals surface area contributed by atoms with Crippen molar-refractivity contribution in [2.45, 2.75) is 127 Å². The van der Waals surface area contributed by atoms with Gasteiger partial charge in [-0.1, -0.05) is 88.5 Å². The van der Waals surface area contributed by atoms with Gasteiger partial charge in [0.25, 0.3) is 0 Å². The van der Waals surface area contributed by atoms with Crippen molar-refractivity contribution in [1.29, 1.82) is 0 Å². The minimum absolute atomic E-state index is 0.757. The first kappa shape index (κ1) is 34.2. The second-order valence-corrected chi connectivity index (χ2v) is 10.4. The molecule has 0 bridgehead atoms. The molecule has 0 aliphatic carbocycles. The molecule has 0 heterocycles. The molecule has 4 heteroatoms. The molecule has 38 heavy (non-hydrogen) atoms. The Labute approximate surface area is 234 Å². The molecule has 0 unspecified atom stereocenters. The molecule has 0 spiro atoms. The van der Waals surface area contributed by atoms with Crippen LogP contribution < -0.4 is 0 Å². The zero-order valence-corrected chi connectivity index (χ0v) is 24.8. The minimum Gasteiger partial charge on any atom is -0.343 e. The summed E-state index contributed by atoms with van der Waals surface area (Å²) in [6, 6.07) is 9.31. The van der Waals surface area contributed by atoms with Crippen LogP contribution in [0.4, 0.5) is 0 Å². The van der Waals surface area contributed by atoms with Crippen LogP contribution in [0.15, 0.2) is 24.3 Å². The Balaban J connectivity index is 2.01. The molecule has 0 aliphatic rings. The van der Waals surface area contributed by atoms with Gasteiger partial charge in [-0.05, 0) is 61.5 Å². The molecule has 0 radical (unpaired) electrons. The minimum atomic E-state index is -0.844. The van der Waals surface area contributed by atoms with Gasteiger partial charge in [0, 0.05) is 41.3 Å². The van der Waals surface area contributed by atoms with E-state index in [0.29, 0.717) is 0 Å². The van der Waals surface area contributed by atoms with Crippen LogP contribution in [0, 0.1) is 24.7 Å². The predicted molar refractivity (Wildman–Crippen MR) is 159 cm³/mol. The molecular weight excluding hydrogens is 472 g/mol. The lowest BCUT2D eigenvalue weighted by Crippen LogP contribution is -2.31. The number of unbranched alkanes of at least 4 members (excludes halogenated alkanes) is 12. The summed E-state index contributed by atoms with van der Waals surface area (Å²) in [7, 11) is 6.45. The van der Waals surface area contributed by atoms with Crippen LogP contribution in [0.2, 0.25) is 0 Å². The Morgan fingerprint density at radius 2 is 0.737 bits per heavy atom. The molecule has 1 rings (SSSR count). The molecule has 0 N–H and O–H groups in total. The van der Waals surface area contributed by atoms with Crippen LogP contribution in [0.1, 0.15) is 114 Å². The average molecular weight is 527 g/mol. The van der Waals surface area contributed by atoms with E-state index in [4.69, 9.17) is 31.8 Å². The number of hydrogen-bond donors (Lipinski definition) is 0. The molecule has 0 amide bonds. The smallest absolute Gasteiger partial charge is 0.232 e. The normalized spacial score (nSPS) is 11.8. The van der Waals surface area contributed by atoms with Gasteiger partial charge < -0.3 is 18.9 Å². The van der Waals surface area contributed by atoms with Gasteiger partial charge in [-0.25, -0.2) is 0 Å². The van der Waals surface area contributed by atoms with Gasteiger partial charge in [0.2, 0.25) is 11.6 Å². The Hall–Kier alpha value is -1.82. The molecule has 0 saturated carbocycles. The number of hydrogen-bond acceptors (Lipinski definition) is 4. The van der Waals surface area contributed by atoms with Gasteiger partial charge in [-0.2, -0.15) is 0 Å². The lowest BCUT2D eigenvalue weighted by atomic mass is 10.0. The van der Waals surface area contributed by atoms with Crippen LogP contribution in [0.25, 0.3) is 0 Å². The van der Waals surface area contributed by atoms with Crippen molar-refractivity contribution in [3.63, 3.8) is 0 Å². The van der Waals surface area contributed by atoms with Crippen LogP contribution in [0.5, 0.6) is 0 Å². The lowest BCUT2D eigenvalue weighted by Gasteiger charge is -2.24. The van der Waals surface area contributed by atoms with E-state index in [1.54, 1.807) is 28.4 Å². The van der Waals surface area contributed by atoms with Crippen LogP contribution >= 0.6 is 0 Å². The van der Waals surface area contributed by atoms with E-state index in [1.165, 1.54) is 101 Å². The second kappa shape index (κ2) is 21.1. The summed E-state index contributed by atoms with van der Waals surface area (Å²) in [6.45, 7) is 0. The first-order valence-corrected chi connectivity index (χ1v) is 14.8. The number of methoxy groups -OCH3 is 4. The van der Waals surface area contributed by atoms with Gasteiger partial charge in [-0.15, -0.1) is 12.8 Å². The van der Waals surface area contributed by atoms with E-state index in [0.717, 1.165) is 25.7 Å². The highest BCUT2D eigenvalue weighted by Crippen LogP contribution is 2.21. The Morgan fingerprint density at radius 3 is 1.00 bits per heavy atom. The maximum atomic E-state index is 5.54. The SMILES string of the molecule is C#CC(CCCCCCCCCc1ccc(CCCCCCCCCC(C#C)(OC)OC)cc1)(OC)OC. The fraction of sp³-hybridized carbons (Fsp3) is 0.706. The molecule has 4 nitrogen and oxygen atoms in total. The van der Waals surface area contributed by atoms with Crippen molar-refractivity contribution in [2.75, 3.05) is 28.4 Å². The quantitative estimate of drug-likeness (QED) is 0.0772. The lowest BCUT2D eigenvalue weighted by molar-refractivity contribution is -0.167. The molecule has 214 valence electrons. The van der Waals surface area contributed by atoms with Crippen molar-refractivity contribution in [2.24, 2.45) is 0 Å². The third-order valence-electron chi connectivity index (χ3n) is 7.72. The standard InChI is InChI=1S/C34H54O4/c1-7-33(35-3,36-4)29-21-17-13-9-11-15-19-23-31-25-27-32(28-26-31)24-20-16-12-10-14-18-22-30-34(8-2,37-5)38-6/h1-2,25-28H,9-24,29-30H2,3-6H3.